The van der Waals surface area contributed by atoms with E-state index in [0.717, 1.165) is 22.7 Å². The molecule has 0 atom stereocenters. The van der Waals surface area contributed by atoms with E-state index in [1.807, 2.05) is 0 Å². The van der Waals surface area contributed by atoms with Crippen LogP contribution < -0.4 is 9.80 Å². The first-order valence-corrected chi connectivity index (χ1v) is 13.0. The van der Waals surface area contributed by atoms with Gasteiger partial charge in [0.2, 0.25) is 0 Å². The predicted octanol–water partition coefficient (Wildman–Crippen LogP) is 10.1. The lowest BCUT2D eigenvalue weighted by atomic mass is 10.0. The van der Waals surface area contributed by atoms with Gasteiger partial charge in [-0.05, 0) is 83.6 Å². The lowest BCUT2D eigenvalue weighted by molar-refractivity contribution is 1.20. The van der Waals surface area contributed by atoms with Gasteiger partial charge < -0.3 is 9.80 Å². The summed E-state index contributed by atoms with van der Waals surface area (Å²) in [6, 6.07) is 52.0. The van der Waals surface area contributed by atoms with E-state index < -0.39 is 0 Å². The van der Waals surface area contributed by atoms with Gasteiger partial charge in [0.15, 0.2) is 0 Å². The first kappa shape index (κ1) is 23.6. The van der Waals surface area contributed by atoms with E-state index in [4.69, 9.17) is 0 Å². The maximum absolute atomic E-state index is 2.37. The van der Waals surface area contributed by atoms with Gasteiger partial charge in [0.1, 0.15) is 0 Å². The Balaban J connectivity index is 1.47. The Morgan fingerprint density at radius 2 is 1.08 bits per heavy atom. The predicted molar refractivity (Wildman–Crippen MR) is 163 cm³/mol. The summed E-state index contributed by atoms with van der Waals surface area (Å²) in [5.41, 5.74) is 9.40. The van der Waals surface area contributed by atoms with Crippen molar-refractivity contribution < 1.29 is 0 Å². The molecular formula is C36H30N2. The van der Waals surface area contributed by atoms with Crippen LogP contribution in [0, 0.1) is 6.92 Å². The number of hydrogen-bond acceptors (Lipinski definition) is 2. The molecular weight excluding hydrogens is 460 g/mol. The molecule has 0 spiro atoms. The molecule has 0 aromatic heterocycles. The number of nitrogens with zero attached hydrogens (tertiary/aromatic N) is 2. The molecule has 0 fully saturated rings. The second-order valence-electron chi connectivity index (χ2n) is 9.66. The van der Waals surface area contributed by atoms with Crippen molar-refractivity contribution >= 4 is 39.2 Å². The topological polar surface area (TPSA) is 6.48 Å². The fraction of sp³-hybridized carbons (Fsp3) is 0.0556. The highest BCUT2D eigenvalue weighted by molar-refractivity contribution is 5.99. The first-order valence-electron chi connectivity index (χ1n) is 13.0. The van der Waals surface area contributed by atoms with Crippen molar-refractivity contribution in [3.05, 3.63) is 151 Å². The molecule has 0 N–H and O–H groups in total. The Morgan fingerprint density at radius 1 is 0.447 bits per heavy atom. The minimum absolute atomic E-state index is 1.12. The zero-order valence-corrected chi connectivity index (χ0v) is 21.8. The standard InChI is InChI=1S/C36H30N2/c1-27-11-8-17-33(25-27)37(2)31-21-23-32(24-22-31)38(36-20-10-15-29-14-6-7-19-35(29)36)34-18-9-16-30(26-34)28-12-4-3-5-13-28/h3-26H,1-2H3. The molecule has 0 saturated carbocycles. The molecule has 184 valence electrons. The van der Waals surface area contributed by atoms with Gasteiger partial charge in [-0.1, -0.05) is 91.0 Å². The van der Waals surface area contributed by atoms with Crippen molar-refractivity contribution in [1.82, 2.24) is 0 Å². The summed E-state index contributed by atoms with van der Waals surface area (Å²) in [7, 11) is 2.12. The van der Waals surface area contributed by atoms with Gasteiger partial charge >= 0.3 is 0 Å². The molecule has 2 nitrogen and oxygen atoms in total. The Labute approximate surface area is 225 Å². The van der Waals surface area contributed by atoms with Crippen molar-refractivity contribution in [2.24, 2.45) is 0 Å². The van der Waals surface area contributed by atoms with Gasteiger partial charge in [-0.3, -0.25) is 0 Å². The normalized spacial score (nSPS) is 10.9. The maximum atomic E-state index is 2.37. The van der Waals surface area contributed by atoms with Crippen molar-refractivity contribution in [3.63, 3.8) is 0 Å². The molecule has 0 heterocycles. The van der Waals surface area contributed by atoms with Crippen LogP contribution in [0.2, 0.25) is 0 Å². The largest absolute Gasteiger partial charge is 0.345 e. The van der Waals surface area contributed by atoms with Crippen molar-refractivity contribution in [2.75, 3.05) is 16.8 Å². The number of rotatable bonds is 6. The third kappa shape index (κ3) is 4.65. The van der Waals surface area contributed by atoms with Gasteiger partial charge in [0.05, 0.1) is 5.69 Å². The van der Waals surface area contributed by atoms with Gasteiger partial charge in [-0.2, -0.15) is 0 Å². The van der Waals surface area contributed by atoms with Gasteiger partial charge in [-0.25, -0.2) is 0 Å². The molecule has 0 radical (unpaired) electrons. The lowest BCUT2D eigenvalue weighted by Crippen LogP contribution is -2.12. The monoisotopic (exact) mass is 490 g/mol. The molecule has 6 aromatic carbocycles. The number of fused-ring (bicyclic) bond motifs is 1. The van der Waals surface area contributed by atoms with Crippen LogP contribution in [-0.4, -0.2) is 7.05 Å². The quantitative estimate of drug-likeness (QED) is 0.229. The van der Waals surface area contributed by atoms with Crippen LogP contribution in [0.3, 0.4) is 0 Å². The SMILES string of the molecule is Cc1cccc(N(C)c2ccc(N(c3cccc(-c4ccccc4)c3)c3cccc4ccccc34)cc2)c1. The van der Waals surface area contributed by atoms with E-state index in [1.165, 1.54) is 33.2 Å². The van der Waals surface area contributed by atoms with E-state index in [-0.39, 0.29) is 0 Å². The van der Waals surface area contributed by atoms with E-state index in [9.17, 15) is 0 Å². The zero-order chi connectivity index (χ0) is 25.9. The minimum Gasteiger partial charge on any atom is -0.345 e. The summed E-state index contributed by atoms with van der Waals surface area (Å²) in [5, 5.41) is 2.45. The second kappa shape index (κ2) is 10.3. The number of anilines is 5. The highest BCUT2D eigenvalue weighted by atomic mass is 15.1. The van der Waals surface area contributed by atoms with Crippen LogP contribution in [0.1, 0.15) is 5.56 Å². The summed E-state index contributed by atoms with van der Waals surface area (Å²) in [6.45, 7) is 2.13. The summed E-state index contributed by atoms with van der Waals surface area (Å²) >= 11 is 0. The number of aryl methyl sites for hydroxylation is 1. The molecule has 0 bridgehead atoms. The summed E-state index contributed by atoms with van der Waals surface area (Å²) in [6.07, 6.45) is 0. The molecule has 0 saturated heterocycles. The van der Waals surface area contributed by atoms with Crippen LogP contribution in [0.4, 0.5) is 28.4 Å². The molecule has 0 unspecified atom stereocenters. The third-order valence-corrected chi connectivity index (χ3v) is 7.10. The smallest absolute Gasteiger partial charge is 0.0540 e. The molecule has 6 rings (SSSR count). The zero-order valence-electron chi connectivity index (χ0n) is 21.8. The Morgan fingerprint density at radius 3 is 1.89 bits per heavy atom. The molecule has 6 aromatic rings. The van der Waals surface area contributed by atoms with Crippen molar-refractivity contribution in [3.8, 4) is 11.1 Å². The first-order chi connectivity index (χ1) is 18.7. The van der Waals surface area contributed by atoms with Crippen molar-refractivity contribution in [2.45, 2.75) is 6.92 Å². The lowest BCUT2D eigenvalue weighted by Gasteiger charge is -2.28. The van der Waals surface area contributed by atoms with Gasteiger partial charge in [0.25, 0.3) is 0 Å². The third-order valence-electron chi connectivity index (χ3n) is 7.10. The highest BCUT2D eigenvalue weighted by Gasteiger charge is 2.16. The average Bonchev–Trinajstić information content (AvgIpc) is 2.98. The molecule has 38 heavy (non-hydrogen) atoms. The Bertz CT molecular complexity index is 1680. The maximum Gasteiger partial charge on any atom is 0.0540 e. The minimum atomic E-state index is 1.12. The molecule has 0 aliphatic heterocycles. The van der Waals surface area contributed by atoms with Crippen LogP contribution in [-0.2, 0) is 0 Å². The highest BCUT2D eigenvalue weighted by Crippen LogP contribution is 2.40. The van der Waals surface area contributed by atoms with Gasteiger partial charge in [0, 0.05) is 35.2 Å². The Kier molecular flexibility index (Phi) is 6.37. The fourth-order valence-electron chi connectivity index (χ4n) is 5.10. The van der Waals surface area contributed by atoms with E-state index in [2.05, 4.69) is 169 Å². The van der Waals surface area contributed by atoms with E-state index in [1.54, 1.807) is 0 Å². The number of hydrogen-bond donors (Lipinski definition) is 0. The average molecular weight is 491 g/mol. The van der Waals surface area contributed by atoms with Gasteiger partial charge in [-0.15, -0.1) is 0 Å². The van der Waals surface area contributed by atoms with Crippen molar-refractivity contribution in [1.29, 1.82) is 0 Å². The van der Waals surface area contributed by atoms with E-state index in [0.29, 0.717) is 0 Å². The molecule has 0 amide bonds. The fourth-order valence-corrected chi connectivity index (χ4v) is 5.10. The molecule has 2 heteroatoms. The van der Waals surface area contributed by atoms with Crippen LogP contribution in [0.25, 0.3) is 21.9 Å². The summed E-state index contributed by atoms with van der Waals surface area (Å²) < 4.78 is 0. The second-order valence-corrected chi connectivity index (χ2v) is 9.66. The van der Waals surface area contributed by atoms with Crippen LogP contribution in [0.15, 0.2) is 146 Å². The van der Waals surface area contributed by atoms with E-state index >= 15 is 0 Å². The summed E-state index contributed by atoms with van der Waals surface area (Å²) in [5.74, 6) is 0. The number of benzene rings is 6. The Hall–Kier alpha value is -4.82. The van der Waals surface area contributed by atoms with Crippen LogP contribution in [0.5, 0.6) is 0 Å². The molecule has 0 aliphatic carbocycles. The molecule has 0 aliphatic rings. The summed E-state index contributed by atoms with van der Waals surface area (Å²) in [4.78, 5) is 4.60. The van der Waals surface area contributed by atoms with Crippen LogP contribution >= 0.6 is 0 Å².